The minimum Gasteiger partial charge on any atom is -0.506 e. The smallest absolute Gasteiger partial charge is 0.320 e. The van der Waals surface area contributed by atoms with Gasteiger partial charge in [-0.3, -0.25) is 4.79 Å². The number of esters is 1. The minimum atomic E-state index is -0.476. The van der Waals surface area contributed by atoms with Gasteiger partial charge in [0.05, 0.1) is 11.0 Å². The molecule has 1 rings (SSSR count). The van der Waals surface area contributed by atoms with Crippen molar-refractivity contribution in [1.82, 2.24) is 5.32 Å². The first-order valence-corrected chi connectivity index (χ1v) is 6.48. The molecule has 0 aromatic heterocycles. The van der Waals surface area contributed by atoms with Crippen LogP contribution in [0.1, 0.15) is 26.3 Å². The van der Waals surface area contributed by atoms with Gasteiger partial charge < -0.3 is 15.2 Å². The number of aromatic hydroxyl groups is 1. The van der Waals surface area contributed by atoms with Gasteiger partial charge in [0.1, 0.15) is 11.4 Å². The molecule has 0 fully saturated rings. The van der Waals surface area contributed by atoms with Gasteiger partial charge in [0.25, 0.3) is 0 Å². The van der Waals surface area contributed by atoms with Crippen molar-refractivity contribution in [2.24, 2.45) is 0 Å². The van der Waals surface area contributed by atoms with Crippen LogP contribution in [-0.2, 0) is 16.1 Å². The summed E-state index contributed by atoms with van der Waals surface area (Å²) in [6, 6.07) is 5.38. The van der Waals surface area contributed by atoms with Crippen molar-refractivity contribution in [1.29, 1.82) is 0 Å². The van der Waals surface area contributed by atoms with E-state index in [0.29, 0.717) is 11.0 Å². The van der Waals surface area contributed by atoms with Crippen molar-refractivity contribution >= 4 is 21.9 Å². The average molecular weight is 316 g/mol. The second-order valence-corrected chi connectivity index (χ2v) is 5.79. The Morgan fingerprint density at radius 2 is 2.11 bits per heavy atom. The molecule has 0 spiro atoms. The van der Waals surface area contributed by atoms with Crippen molar-refractivity contribution in [2.45, 2.75) is 32.9 Å². The third-order valence-corrected chi connectivity index (χ3v) is 2.72. The average Bonchev–Trinajstić information content (AvgIpc) is 2.21. The number of rotatable bonds is 4. The summed E-state index contributed by atoms with van der Waals surface area (Å²) in [6.45, 7) is 5.99. The van der Waals surface area contributed by atoms with E-state index >= 15 is 0 Å². The van der Waals surface area contributed by atoms with Crippen LogP contribution in [0.3, 0.4) is 0 Å². The number of hydrogen-bond acceptors (Lipinski definition) is 4. The lowest BCUT2D eigenvalue weighted by atomic mass is 10.2. The van der Waals surface area contributed by atoms with Gasteiger partial charge in [0, 0.05) is 12.1 Å². The topological polar surface area (TPSA) is 58.6 Å². The molecule has 0 atom stereocenters. The highest BCUT2D eigenvalue weighted by Gasteiger charge is 2.15. The molecule has 2 N–H and O–H groups in total. The van der Waals surface area contributed by atoms with Crippen LogP contribution in [-0.4, -0.2) is 23.2 Å². The van der Waals surface area contributed by atoms with Crippen LogP contribution < -0.4 is 5.32 Å². The highest BCUT2D eigenvalue weighted by atomic mass is 79.9. The first-order valence-electron chi connectivity index (χ1n) is 5.68. The maximum atomic E-state index is 11.4. The second-order valence-electron chi connectivity index (χ2n) is 4.94. The van der Waals surface area contributed by atoms with Gasteiger partial charge in [-0.05, 0) is 42.8 Å². The van der Waals surface area contributed by atoms with E-state index < -0.39 is 5.60 Å². The zero-order valence-electron chi connectivity index (χ0n) is 10.8. The van der Waals surface area contributed by atoms with Crippen molar-refractivity contribution in [3.63, 3.8) is 0 Å². The van der Waals surface area contributed by atoms with Gasteiger partial charge >= 0.3 is 5.97 Å². The predicted octanol–water partition coefficient (Wildman–Crippen LogP) is 2.59. The van der Waals surface area contributed by atoms with Crippen LogP contribution in [0.15, 0.2) is 22.7 Å². The third-order valence-electron chi connectivity index (χ3n) is 2.08. The number of hydrogen-bond donors (Lipinski definition) is 2. The van der Waals surface area contributed by atoms with E-state index in [9.17, 15) is 9.90 Å². The van der Waals surface area contributed by atoms with Gasteiger partial charge in [0.2, 0.25) is 0 Å². The zero-order valence-corrected chi connectivity index (χ0v) is 12.4. The summed E-state index contributed by atoms with van der Waals surface area (Å²) in [7, 11) is 0. The number of halogens is 1. The SMILES string of the molecule is CC(C)(C)OC(=O)CNCc1cccc(Br)c1O. The van der Waals surface area contributed by atoms with Gasteiger partial charge in [-0.1, -0.05) is 12.1 Å². The van der Waals surface area contributed by atoms with E-state index in [1.54, 1.807) is 12.1 Å². The van der Waals surface area contributed by atoms with Gasteiger partial charge in [-0.25, -0.2) is 0 Å². The zero-order chi connectivity index (χ0) is 13.8. The molecule has 0 aliphatic heterocycles. The van der Waals surface area contributed by atoms with Crippen LogP contribution in [0.2, 0.25) is 0 Å². The van der Waals surface area contributed by atoms with E-state index in [0.717, 1.165) is 5.56 Å². The second kappa shape index (κ2) is 6.20. The van der Waals surface area contributed by atoms with Crippen molar-refractivity contribution in [3.05, 3.63) is 28.2 Å². The molecule has 1 aromatic carbocycles. The first kappa shape index (κ1) is 15.0. The Balaban J connectivity index is 2.43. The van der Waals surface area contributed by atoms with E-state index in [-0.39, 0.29) is 18.3 Å². The number of carbonyl (C=O) groups is 1. The summed E-state index contributed by atoms with van der Waals surface area (Å²) in [5.41, 5.74) is 0.254. The molecule has 0 saturated heterocycles. The standard InChI is InChI=1S/C13H18BrNO3/c1-13(2,3)18-11(16)8-15-7-9-5-4-6-10(14)12(9)17/h4-6,15,17H,7-8H2,1-3H3. The number of ether oxygens (including phenoxy) is 1. The molecule has 0 saturated carbocycles. The summed E-state index contributed by atoms with van der Waals surface area (Å²) in [5.74, 6) is -0.119. The molecule has 5 heteroatoms. The molecular weight excluding hydrogens is 298 g/mol. The van der Waals surface area contributed by atoms with Crippen molar-refractivity contribution in [3.8, 4) is 5.75 Å². The molecular formula is C13H18BrNO3. The summed E-state index contributed by atoms with van der Waals surface area (Å²) in [6.07, 6.45) is 0. The van der Waals surface area contributed by atoms with Crippen LogP contribution in [0.5, 0.6) is 5.75 Å². The lowest BCUT2D eigenvalue weighted by Crippen LogP contribution is -2.31. The maximum Gasteiger partial charge on any atom is 0.320 e. The monoisotopic (exact) mass is 315 g/mol. The molecule has 0 aliphatic carbocycles. The summed E-state index contributed by atoms with van der Waals surface area (Å²) < 4.78 is 5.79. The fraction of sp³-hybridized carbons (Fsp3) is 0.462. The number of benzene rings is 1. The Hall–Kier alpha value is -1.07. The molecule has 0 aliphatic rings. The number of phenolic OH excluding ortho intramolecular Hbond substituents is 1. The van der Waals surface area contributed by atoms with Crippen molar-refractivity contribution < 1.29 is 14.6 Å². The van der Waals surface area contributed by atoms with E-state index in [1.165, 1.54) is 0 Å². The number of phenols is 1. The van der Waals surface area contributed by atoms with Gasteiger partial charge in [-0.2, -0.15) is 0 Å². The van der Waals surface area contributed by atoms with E-state index in [2.05, 4.69) is 21.2 Å². The predicted molar refractivity (Wildman–Crippen MR) is 73.4 cm³/mol. The van der Waals surface area contributed by atoms with Crippen LogP contribution >= 0.6 is 15.9 Å². The van der Waals surface area contributed by atoms with Crippen molar-refractivity contribution in [2.75, 3.05) is 6.54 Å². The normalized spacial score (nSPS) is 11.3. The quantitative estimate of drug-likeness (QED) is 0.838. The van der Waals surface area contributed by atoms with Crippen LogP contribution in [0.4, 0.5) is 0 Å². The molecule has 0 amide bonds. The lowest BCUT2D eigenvalue weighted by molar-refractivity contribution is -0.153. The number of nitrogens with one attached hydrogen (secondary N) is 1. The summed E-state index contributed by atoms with van der Waals surface area (Å²) in [5, 5.41) is 12.7. The van der Waals surface area contributed by atoms with Gasteiger partial charge in [0.15, 0.2) is 0 Å². The molecule has 0 heterocycles. The highest BCUT2D eigenvalue weighted by Crippen LogP contribution is 2.27. The lowest BCUT2D eigenvalue weighted by Gasteiger charge is -2.19. The summed E-state index contributed by atoms with van der Waals surface area (Å²) in [4.78, 5) is 11.4. The molecule has 0 unspecified atom stereocenters. The van der Waals surface area contributed by atoms with Crippen LogP contribution in [0.25, 0.3) is 0 Å². The van der Waals surface area contributed by atoms with E-state index in [1.807, 2.05) is 26.8 Å². The Kier molecular flexibility index (Phi) is 5.16. The molecule has 0 bridgehead atoms. The van der Waals surface area contributed by atoms with E-state index in [4.69, 9.17) is 4.74 Å². The summed E-state index contributed by atoms with van der Waals surface area (Å²) >= 11 is 3.24. The fourth-order valence-electron chi connectivity index (χ4n) is 1.38. The third kappa shape index (κ3) is 5.06. The largest absolute Gasteiger partial charge is 0.506 e. The molecule has 4 nitrogen and oxygen atoms in total. The number of para-hydroxylation sites is 1. The first-order chi connectivity index (χ1) is 8.29. The molecule has 100 valence electrons. The van der Waals surface area contributed by atoms with Crippen LogP contribution in [0, 0.1) is 0 Å². The Morgan fingerprint density at radius 3 is 2.72 bits per heavy atom. The van der Waals surface area contributed by atoms with Gasteiger partial charge in [-0.15, -0.1) is 0 Å². The Bertz CT molecular complexity index is 427. The number of carbonyl (C=O) groups excluding carboxylic acids is 1. The highest BCUT2D eigenvalue weighted by molar-refractivity contribution is 9.10. The molecule has 0 radical (unpaired) electrons. The maximum absolute atomic E-state index is 11.4. The molecule has 18 heavy (non-hydrogen) atoms. The fourth-order valence-corrected chi connectivity index (χ4v) is 1.79. The minimum absolute atomic E-state index is 0.114. The molecule has 1 aromatic rings. The Labute approximate surface area is 115 Å². The Morgan fingerprint density at radius 1 is 1.44 bits per heavy atom.